The number of aromatic nitrogens is 2. The summed E-state index contributed by atoms with van der Waals surface area (Å²) in [6.45, 7) is 1.93. The Morgan fingerprint density at radius 2 is 2.17 bits per heavy atom. The lowest BCUT2D eigenvalue weighted by atomic mass is 10.2. The number of halogens is 1. The summed E-state index contributed by atoms with van der Waals surface area (Å²) < 4.78 is 1.70. The smallest absolute Gasteiger partial charge is 0.274 e. The van der Waals surface area contributed by atoms with E-state index < -0.39 is 0 Å². The van der Waals surface area contributed by atoms with Gasteiger partial charge in [0.1, 0.15) is 17.4 Å². The zero-order chi connectivity index (χ0) is 16.4. The average molecular weight is 325 g/mol. The fraction of sp³-hybridized carbons (Fsp3) is 0.118. The van der Waals surface area contributed by atoms with Gasteiger partial charge in [-0.25, -0.2) is 4.98 Å². The predicted molar refractivity (Wildman–Crippen MR) is 88.7 cm³/mol. The number of hydrogen-bond acceptors (Lipinski definition) is 3. The zero-order valence-corrected chi connectivity index (χ0v) is 13.1. The Bertz CT molecular complexity index is 939. The standard InChI is InChI=1S/C17H13ClN4O/c1-2-13-16(22-8-7-12(18)9-15(22)20-13)17(23)21-14-6-4-3-5-11(14)10-19/h3-9H,2H2,1H3,(H,21,23). The molecular weight excluding hydrogens is 312 g/mol. The summed E-state index contributed by atoms with van der Waals surface area (Å²) in [5.74, 6) is -0.306. The van der Waals surface area contributed by atoms with Crippen molar-refractivity contribution in [2.45, 2.75) is 13.3 Å². The van der Waals surface area contributed by atoms with E-state index in [0.717, 1.165) is 0 Å². The first-order valence-electron chi connectivity index (χ1n) is 7.11. The van der Waals surface area contributed by atoms with E-state index in [1.807, 2.05) is 6.92 Å². The summed E-state index contributed by atoms with van der Waals surface area (Å²) in [6, 6.07) is 12.4. The molecule has 0 bridgehead atoms. The third-order valence-electron chi connectivity index (χ3n) is 3.51. The summed E-state index contributed by atoms with van der Waals surface area (Å²) in [5, 5.41) is 12.5. The van der Waals surface area contributed by atoms with Crippen LogP contribution in [0, 0.1) is 11.3 Å². The number of anilines is 1. The quantitative estimate of drug-likeness (QED) is 0.799. The molecule has 0 radical (unpaired) electrons. The van der Waals surface area contributed by atoms with E-state index in [4.69, 9.17) is 16.9 Å². The van der Waals surface area contributed by atoms with Crippen LogP contribution in [0.2, 0.25) is 5.02 Å². The molecule has 0 atom stereocenters. The van der Waals surface area contributed by atoms with Crippen LogP contribution in [0.15, 0.2) is 42.6 Å². The second kappa shape index (κ2) is 6.11. The number of amides is 1. The summed E-state index contributed by atoms with van der Waals surface area (Å²) >= 11 is 5.98. The molecule has 1 aromatic carbocycles. The van der Waals surface area contributed by atoms with E-state index in [-0.39, 0.29) is 5.91 Å². The van der Waals surface area contributed by atoms with Gasteiger partial charge in [0, 0.05) is 17.3 Å². The third kappa shape index (κ3) is 2.77. The number of rotatable bonds is 3. The highest BCUT2D eigenvalue weighted by atomic mass is 35.5. The first-order valence-corrected chi connectivity index (χ1v) is 7.48. The van der Waals surface area contributed by atoms with E-state index in [1.54, 1.807) is 47.0 Å². The van der Waals surface area contributed by atoms with E-state index >= 15 is 0 Å². The number of fused-ring (bicyclic) bond motifs is 1. The van der Waals surface area contributed by atoms with E-state index in [9.17, 15) is 4.79 Å². The summed E-state index contributed by atoms with van der Waals surface area (Å²) in [7, 11) is 0. The van der Waals surface area contributed by atoms with Crippen LogP contribution in [-0.4, -0.2) is 15.3 Å². The number of pyridine rings is 1. The maximum absolute atomic E-state index is 12.7. The van der Waals surface area contributed by atoms with Gasteiger partial charge in [0.25, 0.3) is 5.91 Å². The van der Waals surface area contributed by atoms with Gasteiger partial charge in [0.05, 0.1) is 16.9 Å². The second-order valence-electron chi connectivity index (χ2n) is 4.95. The number of benzene rings is 1. The Labute approximate surface area is 138 Å². The van der Waals surface area contributed by atoms with Crippen LogP contribution in [0.1, 0.15) is 28.7 Å². The van der Waals surface area contributed by atoms with E-state index in [1.165, 1.54) is 0 Å². The van der Waals surface area contributed by atoms with Crippen LogP contribution in [0.4, 0.5) is 5.69 Å². The van der Waals surface area contributed by atoms with Crippen LogP contribution in [0.25, 0.3) is 5.65 Å². The van der Waals surface area contributed by atoms with Gasteiger partial charge in [-0.05, 0) is 24.6 Å². The maximum Gasteiger partial charge on any atom is 0.274 e. The molecule has 0 saturated heterocycles. The number of imidazole rings is 1. The van der Waals surface area contributed by atoms with Crippen LogP contribution in [0.5, 0.6) is 0 Å². The van der Waals surface area contributed by atoms with Gasteiger partial charge < -0.3 is 5.32 Å². The Morgan fingerprint density at radius 3 is 2.91 bits per heavy atom. The molecule has 0 unspecified atom stereocenters. The van der Waals surface area contributed by atoms with E-state index in [0.29, 0.717) is 39.7 Å². The van der Waals surface area contributed by atoms with Gasteiger partial charge in [0.15, 0.2) is 0 Å². The van der Waals surface area contributed by atoms with Crippen molar-refractivity contribution in [3.8, 4) is 6.07 Å². The first kappa shape index (κ1) is 15.1. The molecule has 3 rings (SSSR count). The lowest BCUT2D eigenvalue weighted by Crippen LogP contribution is -2.17. The normalized spacial score (nSPS) is 10.5. The van der Waals surface area contributed by atoms with Crippen molar-refractivity contribution in [3.05, 3.63) is 64.6 Å². The molecule has 114 valence electrons. The number of hydrogen-bond donors (Lipinski definition) is 1. The fourth-order valence-electron chi connectivity index (χ4n) is 2.43. The third-order valence-corrected chi connectivity index (χ3v) is 3.74. The minimum Gasteiger partial charge on any atom is -0.319 e. The maximum atomic E-state index is 12.7. The van der Waals surface area contributed by atoms with Crippen molar-refractivity contribution in [2.75, 3.05) is 5.32 Å². The lowest BCUT2D eigenvalue weighted by Gasteiger charge is -2.08. The molecule has 6 heteroatoms. The van der Waals surface area contributed by atoms with Gasteiger partial charge in [-0.2, -0.15) is 5.26 Å². The van der Waals surface area contributed by atoms with E-state index in [2.05, 4.69) is 16.4 Å². The van der Waals surface area contributed by atoms with Gasteiger partial charge in [-0.15, -0.1) is 0 Å². The predicted octanol–water partition coefficient (Wildman–Crippen LogP) is 3.67. The average Bonchev–Trinajstić information content (AvgIpc) is 2.92. The van der Waals surface area contributed by atoms with Gasteiger partial charge >= 0.3 is 0 Å². The summed E-state index contributed by atoms with van der Waals surface area (Å²) in [6.07, 6.45) is 2.33. The molecule has 2 heterocycles. The Kier molecular flexibility index (Phi) is 4.00. The van der Waals surface area contributed by atoms with Crippen LogP contribution in [0.3, 0.4) is 0 Å². The number of carbonyl (C=O) groups excluding carboxylic acids is 1. The molecule has 0 aliphatic carbocycles. The number of nitrogens with one attached hydrogen (secondary N) is 1. The molecule has 0 fully saturated rings. The lowest BCUT2D eigenvalue weighted by molar-refractivity contribution is 0.102. The van der Waals surface area contributed by atoms with Gasteiger partial charge in [-0.3, -0.25) is 9.20 Å². The SMILES string of the molecule is CCc1nc2cc(Cl)ccn2c1C(=O)Nc1ccccc1C#N. The molecule has 0 aliphatic heterocycles. The van der Waals surface area contributed by atoms with Crippen LogP contribution < -0.4 is 5.32 Å². The Hall–Kier alpha value is -2.84. The van der Waals surface area contributed by atoms with Crippen molar-refractivity contribution in [2.24, 2.45) is 0 Å². The number of carbonyl (C=O) groups is 1. The van der Waals surface area contributed by atoms with Crippen molar-refractivity contribution < 1.29 is 4.79 Å². The zero-order valence-electron chi connectivity index (χ0n) is 12.4. The molecule has 5 nitrogen and oxygen atoms in total. The molecule has 1 amide bonds. The van der Waals surface area contributed by atoms with Crippen LogP contribution in [-0.2, 0) is 6.42 Å². The van der Waals surface area contributed by atoms with Crippen molar-refractivity contribution in [3.63, 3.8) is 0 Å². The highest BCUT2D eigenvalue weighted by Gasteiger charge is 2.19. The highest BCUT2D eigenvalue weighted by Crippen LogP contribution is 2.20. The molecule has 1 N–H and O–H groups in total. The summed E-state index contributed by atoms with van der Waals surface area (Å²) in [4.78, 5) is 17.2. The molecule has 0 spiro atoms. The highest BCUT2D eigenvalue weighted by molar-refractivity contribution is 6.30. The van der Waals surface area contributed by atoms with Gasteiger partial charge in [-0.1, -0.05) is 30.7 Å². The molecule has 2 aromatic heterocycles. The Morgan fingerprint density at radius 1 is 1.39 bits per heavy atom. The number of nitriles is 1. The largest absolute Gasteiger partial charge is 0.319 e. The topological polar surface area (TPSA) is 70.2 Å². The first-order chi connectivity index (χ1) is 11.1. The van der Waals surface area contributed by atoms with Crippen molar-refractivity contribution >= 4 is 28.8 Å². The minimum absolute atomic E-state index is 0.306. The second-order valence-corrected chi connectivity index (χ2v) is 5.38. The molecule has 0 aliphatic rings. The number of para-hydroxylation sites is 1. The molecule has 23 heavy (non-hydrogen) atoms. The van der Waals surface area contributed by atoms with Crippen LogP contribution >= 0.6 is 11.6 Å². The monoisotopic (exact) mass is 324 g/mol. The number of nitrogens with zero attached hydrogens (tertiary/aromatic N) is 3. The Balaban J connectivity index is 2.06. The summed E-state index contributed by atoms with van der Waals surface area (Å²) in [5.41, 5.74) is 2.64. The van der Waals surface area contributed by atoms with Gasteiger partial charge in [0.2, 0.25) is 0 Å². The van der Waals surface area contributed by atoms with Crippen molar-refractivity contribution in [1.29, 1.82) is 5.26 Å². The molecular formula is C17H13ClN4O. The number of aryl methyl sites for hydroxylation is 1. The molecule has 3 aromatic rings. The minimum atomic E-state index is -0.306. The fourth-order valence-corrected chi connectivity index (χ4v) is 2.58. The molecule has 0 saturated carbocycles. The van der Waals surface area contributed by atoms with Crippen molar-refractivity contribution in [1.82, 2.24) is 9.38 Å².